The van der Waals surface area contributed by atoms with Crippen molar-refractivity contribution >= 4 is 17.5 Å². The van der Waals surface area contributed by atoms with Gasteiger partial charge in [0.05, 0.1) is 12.3 Å². The summed E-state index contributed by atoms with van der Waals surface area (Å²) < 4.78 is 13.0. The SMILES string of the molecule is O=C(CSc1nnc(-c2ccccc2)n1Cc1ccc2c(c1)OCO2)c1ccccc1. The van der Waals surface area contributed by atoms with Crippen molar-refractivity contribution in [2.75, 3.05) is 12.5 Å². The summed E-state index contributed by atoms with van der Waals surface area (Å²) in [5, 5.41) is 9.52. The number of ether oxygens (including phenoxy) is 2. The number of thioether (sulfide) groups is 1. The van der Waals surface area contributed by atoms with E-state index < -0.39 is 0 Å². The molecule has 1 aromatic heterocycles. The molecule has 31 heavy (non-hydrogen) atoms. The molecule has 4 aromatic rings. The molecule has 154 valence electrons. The van der Waals surface area contributed by atoms with E-state index in [-0.39, 0.29) is 18.3 Å². The van der Waals surface area contributed by atoms with Crippen molar-refractivity contribution in [2.24, 2.45) is 0 Å². The van der Waals surface area contributed by atoms with Crippen LogP contribution < -0.4 is 9.47 Å². The molecular weight excluding hydrogens is 410 g/mol. The Morgan fingerprint density at radius 3 is 2.45 bits per heavy atom. The van der Waals surface area contributed by atoms with E-state index in [1.165, 1.54) is 11.8 Å². The average molecular weight is 430 g/mol. The Hall–Kier alpha value is -3.58. The summed E-state index contributed by atoms with van der Waals surface area (Å²) in [6, 6.07) is 25.1. The molecule has 6 nitrogen and oxygen atoms in total. The largest absolute Gasteiger partial charge is 0.454 e. The Morgan fingerprint density at radius 1 is 0.903 bits per heavy atom. The van der Waals surface area contributed by atoms with Gasteiger partial charge in [-0.15, -0.1) is 10.2 Å². The van der Waals surface area contributed by atoms with Gasteiger partial charge < -0.3 is 9.47 Å². The van der Waals surface area contributed by atoms with Crippen molar-refractivity contribution in [3.8, 4) is 22.9 Å². The quantitative estimate of drug-likeness (QED) is 0.313. The molecule has 3 aromatic carbocycles. The van der Waals surface area contributed by atoms with Crippen LogP contribution in [0.25, 0.3) is 11.4 Å². The monoisotopic (exact) mass is 429 g/mol. The molecule has 0 bridgehead atoms. The first-order valence-electron chi connectivity index (χ1n) is 9.86. The molecule has 0 aliphatic carbocycles. The fourth-order valence-corrected chi connectivity index (χ4v) is 4.23. The first-order chi connectivity index (χ1) is 15.3. The summed E-state index contributed by atoms with van der Waals surface area (Å²) in [5.74, 6) is 2.59. The molecule has 1 aliphatic rings. The van der Waals surface area contributed by atoms with Crippen molar-refractivity contribution in [1.82, 2.24) is 14.8 Å². The van der Waals surface area contributed by atoms with Crippen LogP contribution in [0.4, 0.5) is 0 Å². The number of hydrogen-bond donors (Lipinski definition) is 0. The van der Waals surface area contributed by atoms with Gasteiger partial charge in [0, 0.05) is 11.1 Å². The van der Waals surface area contributed by atoms with Gasteiger partial charge in [-0.3, -0.25) is 9.36 Å². The molecule has 0 N–H and O–H groups in total. The number of nitrogens with zero attached hydrogens (tertiary/aromatic N) is 3. The van der Waals surface area contributed by atoms with Crippen molar-refractivity contribution in [3.05, 3.63) is 90.0 Å². The van der Waals surface area contributed by atoms with E-state index in [1.807, 2.05) is 83.4 Å². The molecule has 7 heteroatoms. The zero-order valence-corrected chi connectivity index (χ0v) is 17.4. The molecule has 0 spiro atoms. The van der Waals surface area contributed by atoms with Crippen LogP contribution in [0.5, 0.6) is 11.5 Å². The second-order valence-electron chi connectivity index (χ2n) is 7.02. The van der Waals surface area contributed by atoms with E-state index in [9.17, 15) is 4.79 Å². The summed E-state index contributed by atoms with van der Waals surface area (Å²) in [4.78, 5) is 12.6. The molecule has 0 radical (unpaired) electrons. The van der Waals surface area contributed by atoms with Crippen LogP contribution in [0.2, 0.25) is 0 Å². The van der Waals surface area contributed by atoms with Crippen LogP contribution in [0.1, 0.15) is 15.9 Å². The highest BCUT2D eigenvalue weighted by Crippen LogP contribution is 2.33. The van der Waals surface area contributed by atoms with Crippen molar-refractivity contribution in [2.45, 2.75) is 11.7 Å². The first kappa shape index (κ1) is 19.4. The normalized spacial score (nSPS) is 12.1. The number of fused-ring (bicyclic) bond motifs is 1. The third kappa shape index (κ3) is 4.18. The first-order valence-corrected chi connectivity index (χ1v) is 10.8. The van der Waals surface area contributed by atoms with Gasteiger partial charge >= 0.3 is 0 Å². The van der Waals surface area contributed by atoms with Crippen molar-refractivity contribution in [3.63, 3.8) is 0 Å². The highest BCUT2D eigenvalue weighted by molar-refractivity contribution is 7.99. The van der Waals surface area contributed by atoms with Crippen LogP contribution in [0.15, 0.2) is 84.0 Å². The van der Waals surface area contributed by atoms with Crippen LogP contribution >= 0.6 is 11.8 Å². The molecule has 0 fully saturated rings. The topological polar surface area (TPSA) is 66.2 Å². The minimum atomic E-state index is 0.0597. The Kier molecular flexibility index (Phi) is 5.41. The molecule has 0 saturated carbocycles. The van der Waals surface area contributed by atoms with E-state index in [2.05, 4.69) is 10.2 Å². The van der Waals surface area contributed by atoms with Crippen LogP contribution in [0, 0.1) is 0 Å². The lowest BCUT2D eigenvalue weighted by Crippen LogP contribution is -2.07. The fraction of sp³-hybridized carbons (Fsp3) is 0.125. The van der Waals surface area contributed by atoms with E-state index in [0.717, 1.165) is 28.5 Å². The molecule has 0 saturated heterocycles. The van der Waals surface area contributed by atoms with Gasteiger partial charge in [0.2, 0.25) is 6.79 Å². The van der Waals surface area contributed by atoms with Crippen LogP contribution in [0.3, 0.4) is 0 Å². The number of aromatic nitrogens is 3. The van der Waals surface area contributed by atoms with E-state index >= 15 is 0 Å². The van der Waals surface area contributed by atoms with Gasteiger partial charge in [-0.05, 0) is 17.7 Å². The lowest BCUT2D eigenvalue weighted by molar-refractivity contribution is 0.102. The summed E-state index contributed by atoms with van der Waals surface area (Å²) in [7, 11) is 0. The number of carbonyl (C=O) groups excluding carboxylic acids is 1. The molecular formula is C24H19N3O3S. The molecule has 0 atom stereocenters. The molecule has 2 heterocycles. The van der Waals surface area contributed by atoms with Crippen molar-refractivity contribution in [1.29, 1.82) is 0 Å². The van der Waals surface area contributed by atoms with Crippen molar-refractivity contribution < 1.29 is 14.3 Å². The summed E-state index contributed by atoms with van der Waals surface area (Å²) in [6.07, 6.45) is 0. The zero-order chi connectivity index (χ0) is 21.0. The molecule has 5 rings (SSSR count). The average Bonchev–Trinajstić information content (AvgIpc) is 3.45. The fourth-order valence-electron chi connectivity index (χ4n) is 3.40. The van der Waals surface area contributed by atoms with E-state index in [4.69, 9.17) is 9.47 Å². The summed E-state index contributed by atoms with van der Waals surface area (Å²) in [5.41, 5.74) is 2.70. The van der Waals surface area contributed by atoms with Gasteiger partial charge in [0.15, 0.2) is 28.3 Å². The highest BCUT2D eigenvalue weighted by atomic mass is 32.2. The van der Waals surface area contributed by atoms with Gasteiger partial charge in [-0.1, -0.05) is 78.5 Å². The lowest BCUT2D eigenvalue weighted by Gasteiger charge is -2.11. The van der Waals surface area contributed by atoms with Gasteiger partial charge in [-0.25, -0.2) is 0 Å². The maximum atomic E-state index is 12.6. The predicted octanol–water partition coefficient (Wildman–Crippen LogP) is 4.70. The Bertz CT molecular complexity index is 1210. The Balaban J connectivity index is 1.44. The van der Waals surface area contributed by atoms with Gasteiger partial charge in [0.25, 0.3) is 0 Å². The number of carbonyl (C=O) groups is 1. The Morgan fingerprint density at radius 2 is 1.65 bits per heavy atom. The smallest absolute Gasteiger partial charge is 0.231 e. The minimum Gasteiger partial charge on any atom is -0.454 e. The maximum Gasteiger partial charge on any atom is 0.231 e. The number of benzene rings is 3. The summed E-state index contributed by atoms with van der Waals surface area (Å²) >= 11 is 1.39. The standard InChI is InChI=1S/C24H19N3O3S/c28-20(18-7-3-1-4-8-18)15-31-24-26-25-23(19-9-5-2-6-10-19)27(24)14-17-11-12-21-22(13-17)30-16-29-21/h1-13H,14-16H2. The second-order valence-corrected chi connectivity index (χ2v) is 7.97. The van der Waals surface area contributed by atoms with Gasteiger partial charge in [-0.2, -0.15) is 0 Å². The number of hydrogen-bond acceptors (Lipinski definition) is 6. The molecule has 0 amide bonds. The number of ketones is 1. The Labute approximate surface area is 183 Å². The molecule has 1 aliphatic heterocycles. The van der Waals surface area contributed by atoms with Crippen LogP contribution in [-0.4, -0.2) is 33.1 Å². The van der Waals surface area contributed by atoms with E-state index in [1.54, 1.807) is 0 Å². The van der Waals surface area contributed by atoms with Crippen LogP contribution in [-0.2, 0) is 6.54 Å². The molecule has 0 unspecified atom stereocenters. The predicted molar refractivity (Wildman–Crippen MR) is 119 cm³/mol. The van der Waals surface area contributed by atoms with E-state index in [0.29, 0.717) is 17.3 Å². The third-order valence-corrected chi connectivity index (χ3v) is 5.92. The minimum absolute atomic E-state index is 0.0597. The third-order valence-electron chi connectivity index (χ3n) is 4.95. The maximum absolute atomic E-state index is 12.6. The number of Topliss-reactive ketones (excluding diaryl/α,β-unsaturated/α-hetero) is 1. The second kappa shape index (κ2) is 8.65. The number of rotatable bonds is 7. The lowest BCUT2D eigenvalue weighted by atomic mass is 10.2. The van der Waals surface area contributed by atoms with Gasteiger partial charge in [0.1, 0.15) is 0 Å². The zero-order valence-electron chi connectivity index (χ0n) is 16.6. The summed E-state index contributed by atoms with van der Waals surface area (Å²) in [6.45, 7) is 0.791. The highest BCUT2D eigenvalue weighted by Gasteiger charge is 2.18.